The second-order valence-corrected chi connectivity index (χ2v) is 6.61. The van der Waals surface area contributed by atoms with E-state index in [9.17, 15) is 13.6 Å². The van der Waals surface area contributed by atoms with E-state index in [0.717, 1.165) is 4.88 Å². The van der Waals surface area contributed by atoms with Gasteiger partial charge in [-0.2, -0.15) is 8.78 Å². The number of carbonyl (C=O) groups is 1. The van der Waals surface area contributed by atoms with Crippen molar-refractivity contribution in [3.05, 3.63) is 52.4 Å². The van der Waals surface area contributed by atoms with Gasteiger partial charge in [0.15, 0.2) is 10.8 Å². The molecule has 0 radical (unpaired) electrons. The van der Waals surface area contributed by atoms with Gasteiger partial charge in [0.2, 0.25) is 0 Å². The Labute approximate surface area is 155 Å². The average Bonchev–Trinajstić information content (AvgIpc) is 2.95. The van der Waals surface area contributed by atoms with Crippen LogP contribution in [0.25, 0.3) is 11.3 Å². The van der Waals surface area contributed by atoms with Gasteiger partial charge in [-0.1, -0.05) is 11.6 Å². The summed E-state index contributed by atoms with van der Waals surface area (Å²) in [5.74, 6) is -0.443. The molecule has 1 aromatic carbocycles. The van der Waals surface area contributed by atoms with Crippen LogP contribution in [0.4, 0.5) is 13.9 Å². The van der Waals surface area contributed by atoms with E-state index in [2.05, 4.69) is 25.0 Å². The van der Waals surface area contributed by atoms with Crippen LogP contribution in [0.1, 0.15) is 15.4 Å². The third-order valence-electron chi connectivity index (χ3n) is 3.25. The fraction of sp³-hybridized carbons (Fsp3) is 0.125. The van der Waals surface area contributed by atoms with Crippen molar-refractivity contribution >= 4 is 34.0 Å². The van der Waals surface area contributed by atoms with Gasteiger partial charge in [-0.25, -0.2) is 15.0 Å². The Balaban J connectivity index is 1.79. The Hall–Kier alpha value is -2.65. The van der Waals surface area contributed by atoms with Gasteiger partial charge >= 0.3 is 6.61 Å². The number of nitrogens with zero attached hydrogens (tertiary/aromatic N) is 3. The maximum absolute atomic E-state index is 12.2. The van der Waals surface area contributed by atoms with Crippen LogP contribution >= 0.6 is 22.9 Å². The number of ether oxygens (including phenoxy) is 1. The monoisotopic (exact) mass is 396 g/mol. The summed E-state index contributed by atoms with van der Waals surface area (Å²) in [4.78, 5) is 25.0. The minimum atomic E-state index is -2.88. The summed E-state index contributed by atoms with van der Waals surface area (Å²) in [7, 11) is 0. The summed E-state index contributed by atoms with van der Waals surface area (Å²) in [6.45, 7) is -1.04. The zero-order valence-electron chi connectivity index (χ0n) is 13.2. The summed E-state index contributed by atoms with van der Waals surface area (Å²) < 4.78 is 28.7. The molecule has 3 aromatic rings. The number of nitrogens with one attached hydrogen (secondary N) is 1. The Bertz CT molecular complexity index is 934. The van der Waals surface area contributed by atoms with Crippen molar-refractivity contribution in [3.8, 4) is 17.0 Å². The highest BCUT2D eigenvalue weighted by Gasteiger charge is 2.16. The van der Waals surface area contributed by atoms with Crippen molar-refractivity contribution in [3.63, 3.8) is 0 Å². The fourth-order valence-electron chi connectivity index (χ4n) is 2.15. The van der Waals surface area contributed by atoms with E-state index < -0.39 is 12.5 Å². The highest BCUT2D eigenvalue weighted by Crippen LogP contribution is 2.31. The number of aromatic nitrogens is 3. The summed E-state index contributed by atoms with van der Waals surface area (Å²) in [5.41, 5.74) is 1.38. The van der Waals surface area contributed by atoms with Gasteiger partial charge in [0.1, 0.15) is 12.1 Å². The molecular formula is C16H11ClF2N4O2S. The molecule has 26 heavy (non-hydrogen) atoms. The van der Waals surface area contributed by atoms with E-state index in [4.69, 9.17) is 11.6 Å². The molecular weight excluding hydrogens is 386 g/mol. The Kier molecular flexibility index (Phi) is 5.38. The smallest absolute Gasteiger partial charge is 0.387 e. The maximum atomic E-state index is 12.2. The van der Waals surface area contributed by atoms with Gasteiger partial charge in [0.05, 0.1) is 10.7 Å². The number of amides is 1. The largest absolute Gasteiger partial charge is 0.435 e. The number of carbonyl (C=O) groups excluding carboxylic acids is 1. The van der Waals surface area contributed by atoms with E-state index >= 15 is 0 Å². The van der Waals surface area contributed by atoms with Crippen molar-refractivity contribution in [2.75, 3.05) is 5.32 Å². The van der Waals surface area contributed by atoms with Crippen molar-refractivity contribution in [1.29, 1.82) is 0 Å². The zero-order valence-corrected chi connectivity index (χ0v) is 14.8. The van der Waals surface area contributed by atoms with E-state index in [1.165, 1.54) is 36.0 Å². The lowest BCUT2D eigenvalue weighted by Gasteiger charge is -2.05. The van der Waals surface area contributed by atoms with Crippen LogP contribution in [-0.2, 0) is 0 Å². The molecule has 0 aliphatic carbocycles. The van der Waals surface area contributed by atoms with E-state index in [-0.39, 0.29) is 16.5 Å². The Morgan fingerprint density at radius 3 is 2.69 bits per heavy atom. The van der Waals surface area contributed by atoms with Crippen LogP contribution in [0.5, 0.6) is 5.75 Å². The quantitative estimate of drug-likeness (QED) is 0.691. The molecule has 1 amide bonds. The van der Waals surface area contributed by atoms with E-state index in [1.807, 2.05) is 6.92 Å². The predicted molar refractivity (Wildman–Crippen MR) is 93.9 cm³/mol. The second kappa shape index (κ2) is 7.71. The Morgan fingerprint density at radius 1 is 1.31 bits per heavy atom. The molecule has 1 N–H and O–H groups in total. The first-order chi connectivity index (χ1) is 12.4. The standard InChI is InChI=1S/C16H11ClF2N4O2S/c1-8-12(9-2-4-10(5-3-9)25-15(18)19)22-16(26-8)23-14(24)13-11(17)6-20-7-21-13/h2-7,15H,1H3,(H,22,23,24). The molecule has 134 valence electrons. The highest BCUT2D eigenvalue weighted by molar-refractivity contribution is 7.16. The number of hydrogen-bond acceptors (Lipinski definition) is 6. The van der Waals surface area contributed by atoms with Gasteiger partial charge < -0.3 is 4.74 Å². The number of rotatable bonds is 5. The van der Waals surface area contributed by atoms with Crippen molar-refractivity contribution < 1.29 is 18.3 Å². The number of halogens is 3. The fourth-order valence-corrected chi connectivity index (χ4v) is 3.17. The molecule has 6 nitrogen and oxygen atoms in total. The van der Waals surface area contributed by atoms with E-state index in [1.54, 1.807) is 12.1 Å². The van der Waals surface area contributed by atoms with Crippen LogP contribution in [-0.4, -0.2) is 27.5 Å². The molecule has 2 aromatic heterocycles. The SMILES string of the molecule is Cc1sc(NC(=O)c2ncncc2Cl)nc1-c1ccc(OC(F)F)cc1. The van der Waals surface area contributed by atoms with Crippen molar-refractivity contribution in [1.82, 2.24) is 15.0 Å². The molecule has 10 heteroatoms. The molecule has 0 aliphatic rings. The summed E-state index contributed by atoms with van der Waals surface area (Å²) in [6.07, 6.45) is 2.55. The summed E-state index contributed by atoms with van der Waals surface area (Å²) in [6, 6.07) is 6.09. The normalized spacial score (nSPS) is 10.8. The van der Waals surface area contributed by atoms with Crippen LogP contribution < -0.4 is 10.1 Å². The van der Waals surface area contributed by atoms with E-state index in [0.29, 0.717) is 16.4 Å². The Morgan fingerprint density at radius 2 is 2.04 bits per heavy atom. The van der Waals surface area contributed by atoms with Crippen molar-refractivity contribution in [2.24, 2.45) is 0 Å². The topological polar surface area (TPSA) is 77.0 Å². The van der Waals surface area contributed by atoms with Crippen molar-refractivity contribution in [2.45, 2.75) is 13.5 Å². The number of thiazole rings is 1. The van der Waals surface area contributed by atoms with Crippen LogP contribution in [0.3, 0.4) is 0 Å². The van der Waals surface area contributed by atoms with Gasteiger partial charge in [-0.3, -0.25) is 10.1 Å². The number of benzene rings is 1. The molecule has 0 bridgehead atoms. The molecule has 0 saturated heterocycles. The van der Waals surface area contributed by atoms with Gasteiger partial charge in [0.25, 0.3) is 5.91 Å². The average molecular weight is 397 g/mol. The maximum Gasteiger partial charge on any atom is 0.387 e. The van der Waals surface area contributed by atoms with Gasteiger partial charge in [-0.05, 0) is 31.2 Å². The number of anilines is 1. The molecule has 0 spiro atoms. The predicted octanol–water partition coefficient (Wildman–Crippen LogP) is 4.42. The lowest BCUT2D eigenvalue weighted by molar-refractivity contribution is -0.0498. The highest BCUT2D eigenvalue weighted by atomic mass is 35.5. The first-order valence-electron chi connectivity index (χ1n) is 7.23. The third-order valence-corrected chi connectivity index (χ3v) is 4.42. The van der Waals surface area contributed by atoms with Crippen LogP contribution in [0.2, 0.25) is 5.02 Å². The number of alkyl halides is 2. The minimum Gasteiger partial charge on any atom is -0.435 e. The summed E-state index contributed by atoms with van der Waals surface area (Å²) >= 11 is 7.17. The molecule has 3 rings (SSSR count). The molecule has 2 heterocycles. The van der Waals surface area contributed by atoms with Gasteiger partial charge in [0, 0.05) is 16.6 Å². The van der Waals surface area contributed by atoms with Crippen LogP contribution in [0, 0.1) is 6.92 Å². The zero-order chi connectivity index (χ0) is 18.7. The first kappa shape index (κ1) is 18.2. The van der Waals surface area contributed by atoms with Gasteiger partial charge in [-0.15, -0.1) is 11.3 Å². The molecule has 0 atom stereocenters. The molecule has 0 aliphatic heterocycles. The first-order valence-corrected chi connectivity index (χ1v) is 8.43. The number of hydrogen-bond donors (Lipinski definition) is 1. The number of aryl methyl sites for hydroxylation is 1. The lowest BCUT2D eigenvalue weighted by atomic mass is 10.1. The molecule has 0 saturated carbocycles. The summed E-state index contributed by atoms with van der Waals surface area (Å²) in [5, 5.41) is 3.14. The third kappa shape index (κ3) is 4.12. The molecule has 0 unspecified atom stereocenters. The second-order valence-electron chi connectivity index (χ2n) is 5.00. The van der Waals surface area contributed by atoms with Crippen LogP contribution in [0.15, 0.2) is 36.8 Å². The minimum absolute atomic E-state index is 0.0459. The molecule has 0 fully saturated rings. The lowest BCUT2D eigenvalue weighted by Crippen LogP contribution is -2.14.